The lowest BCUT2D eigenvalue weighted by Gasteiger charge is -2.11. The Kier molecular flexibility index (Phi) is 5.78. The number of benzene rings is 1. The number of rotatable bonds is 6. The highest BCUT2D eigenvalue weighted by Crippen LogP contribution is 2.14. The van der Waals surface area contributed by atoms with Crippen molar-refractivity contribution in [1.29, 1.82) is 0 Å². The molecule has 2 rings (SSSR count). The molecular weight excluding hydrogens is 326 g/mol. The molecule has 23 heavy (non-hydrogen) atoms. The second kappa shape index (κ2) is 7.80. The molecule has 122 valence electrons. The number of thiophene rings is 1. The van der Waals surface area contributed by atoms with Crippen molar-refractivity contribution in [2.45, 2.75) is 6.10 Å². The molecule has 1 aromatic carbocycles. The van der Waals surface area contributed by atoms with Crippen molar-refractivity contribution in [2.24, 2.45) is 0 Å². The van der Waals surface area contributed by atoms with E-state index in [4.69, 9.17) is 0 Å². The number of carbonyl (C=O) groups is 2. The van der Waals surface area contributed by atoms with Crippen LogP contribution in [0.15, 0.2) is 35.0 Å². The first-order chi connectivity index (χ1) is 11.0. The Hall–Kier alpha value is -2.32. The number of hydrogen-bond donors (Lipinski definition) is 3. The monoisotopic (exact) mass is 340 g/mol. The van der Waals surface area contributed by atoms with E-state index in [0.717, 1.165) is 18.2 Å². The van der Waals surface area contributed by atoms with Crippen LogP contribution in [0.4, 0.5) is 8.78 Å². The van der Waals surface area contributed by atoms with Crippen LogP contribution in [0.5, 0.6) is 0 Å². The lowest BCUT2D eigenvalue weighted by Crippen LogP contribution is -2.38. The minimum atomic E-state index is -1.14. The number of hydrogen-bond acceptors (Lipinski definition) is 4. The van der Waals surface area contributed by atoms with E-state index in [-0.39, 0.29) is 18.7 Å². The fraction of sp³-hybridized carbons (Fsp3) is 0.200. The molecule has 5 nitrogen and oxygen atoms in total. The average molecular weight is 340 g/mol. The molecule has 0 spiro atoms. The van der Waals surface area contributed by atoms with Gasteiger partial charge in [0, 0.05) is 12.1 Å². The normalized spacial score (nSPS) is 11.8. The van der Waals surface area contributed by atoms with E-state index >= 15 is 0 Å². The van der Waals surface area contributed by atoms with Crippen molar-refractivity contribution >= 4 is 23.2 Å². The lowest BCUT2D eigenvalue weighted by atomic mass is 10.2. The van der Waals surface area contributed by atoms with Crippen LogP contribution in [-0.4, -0.2) is 30.0 Å². The summed E-state index contributed by atoms with van der Waals surface area (Å²) in [6.45, 7) is -0.329. The summed E-state index contributed by atoms with van der Waals surface area (Å²) in [5.74, 6) is -3.39. The van der Waals surface area contributed by atoms with E-state index in [1.54, 1.807) is 11.4 Å². The highest BCUT2D eigenvalue weighted by Gasteiger charge is 2.13. The maximum Gasteiger partial charge on any atom is 0.251 e. The smallest absolute Gasteiger partial charge is 0.251 e. The Balaban J connectivity index is 1.77. The molecule has 0 radical (unpaired) electrons. The molecule has 2 aromatic rings. The van der Waals surface area contributed by atoms with E-state index in [0.29, 0.717) is 5.56 Å². The fourth-order valence-electron chi connectivity index (χ4n) is 1.76. The third-order valence-corrected chi connectivity index (χ3v) is 3.71. The number of aliphatic hydroxyl groups is 1. The lowest BCUT2D eigenvalue weighted by molar-refractivity contribution is -0.120. The summed E-state index contributed by atoms with van der Waals surface area (Å²) in [4.78, 5) is 23.3. The molecule has 0 fully saturated rings. The number of carbonyl (C=O) groups excluding carboxylic acids is 2. The third-order valence-electron chi connectivity index (χ3n) is 3.01. The SMILES string of the molecule is O=C(CNC(=O)c1ccc(F)c(F)c1)NCC(O)c1ccsc1. The molecule has 2 amide bonds. The molecular formula is C15H14F2N2O3S. The summed E-state index contributed by atoms with van der Waals surface area (Å²) in [6.07, 6.45) is -0.827. The molecule has 0 aliphatic rings. The van der Waals surface area contributed by atoms with Gasteiger partial charge in [-0.25, -0.2) is 8.78 Å². The van der Waals surface area contributed by atoms with Crippen molar-refractivity contribution in [2.75, 3.05) is 13.1 Å². The minimum Gasteiger partial charge on any atom is -0.387 e. The molecule has 0 saturated carbocycles. The standard InChI is InChI=1S/C15H14F2N2O3S/c16-11-2-1-9(5-12(11)17)15(22)19-7-14(21)18-6-13(20)10-3-4-23-8-10/h1-5,8,13,20H,6-7H2,(H,18,21)(H,19,22). The largest absolute Gasteiger partial charge is 0.387 e. The number of halogens is 2. The highest BCUT2D eigenvalue weighted by atomic mass is 32.1. The summed E-state index contributed by atoms with van der Waals surface area (Å²) in [5, 5.41) is 18.1. The van der Waals surface area contributed by atoms with E-state index < -0.39 is 29.6 Å². The van der Waals surface area contributed by atoms with Crippen LogP contribution in [0.1, 0.15) is 22.0 Å². The Bertz CT molecular complexity index is 692. The van der Waals surface area contributed by atoms with E-state index in [1.807, 2.05) is 5.38 Å². The molecule has 1 atom stereocenters. The van der Waals surface area contributed by atoms with Crippen molar-refractivity contribution < 1.29 is 23.5 Å². The molecule has 8 heteroatoms. The first kappa shape index (κ1) is 17.0. The van der Waals surface area contributed by atoms with Gasteiger partial charge < -0.3 is 15.7 Å². The van der Waals surface area contributed by atoms with Crippen LogP contribution in [0, 0.1) is 11.6 Å². The Labute approximate surface area is 135 Å². The zero-order valence-electron chi connectivity index (χ0n) is 11.9. The van der Waals surface area contributed by atoms with Crippen molar-refractivity contribution in [1.82, 2.24) is 10.6 Å². The number of nitrogens with one attached hydrogen (secondary N) is 2. The van der Waals surface area contributed by atoms with E-state index in [2.05, 4.69) is 10.6 Å². The van der Waals surface area contributed by atoms with E-state index in [1.165, 1.54) is 11.3 Å². The van der Waals surface area contributed by atoms with Gasteiger partial charge in [0.05, 0.1) is 12.6 Å². The van der Waals surface area contributed by atoms with Gasteiger partial charge in [-0.3, -0.25) is 9.59 Å². The van der Waals surface area contributed by atoms with E-state index in [9.17, 15) is 23.5 Å². The molecule has 1 unspecified atom stereocenters. The van der Waals surface area contributed by atoms with Crippen molar-refractivity contribution in [3.63, 3.8) is 0 Å². The average Bonchev–Trinajstić information content (AvgIpc) is 3.07. The minimum absolute atomic E-state index is 0.0105. The van der Waals surface area contributed by atoms with Gasteiger partial charge in [-0.05, 0) is 40.6 Å². The first-order valence-corrected chi connectivity index (χ1v) is 7.61. The van der Waals surface area contributed by atoms with Gasteiger partial charge in [0.2, 0.25) is 5.91 Å². The molecule has 0 aliphatic carbocycles. The Morgan fingerprint density at radius 2 is 1.96 bits per heavy atom. The number of amides is 2. The maximum absolute atomic E-state index is 13.0. The number of aliphatic hydroxyl groups excluding tert-OH is 1. The Morgan fingerprint density at radius 1 is 1.17 bits per heavy atom. The van der Waals surface area contributed by atoms with Crippen LogP contribution in [0.2, 0.25) is 0 Å². The molecule has 3 N–H and O–H groups in total. The van der Waals surface area contributed by atoms with Crippen LogP contribution in [0.3, 0.4) is 0 Å². The van der Waals surface area contributed by atoms with Crippen LogP contribution < -0.4 is 10.6 Å². The van der Waals surface area contributed by atoms with Gasteiger partial charge in [-0.15, -0.1) is 0 Å². The van der Waals surface area contributed by atoms with Gasteiger partial charge in [0.1, 0.15) is 0 Å². The van der Waals surface area contributed by atoms with Crippen LogP contribution in [0.25, 0.3) is 0 Å². The predicted octanol–water partition coefficient (Wildman–Crippen LogP) is 1.61. The molecule has 1 aromatic heterocycles. The van der Waals surface area contributed by atoms with Gasteiger partial charge in [0.15, 0.2) is 11.6 Å². The second-order valence-electron chi connectivity index (χ2n) is 4.69. The molecule has 0 saturated heterocycles. The van der Waals surface area contributed by atoms with Crippen molar-refractivity contribution in [3.8, 4) is 0 Å². The highest BCUT2D eigenvalue weighted by molar-refractivity contribution is 7.07. The third kappa shape index (κ3) is 4.83. The van der Waals surface area contributed by atoms with Crippen molar-refractivity contribution in [3.05, 3.63) is 57.8 Å². The van der Waals surface area contributed by atoms with Crippen LogP contribution >= 0.6 is 11.3 Å². The summed E-state index contributed by atoms with van der Waals surface area (Å²) in [6, 6.07) is 4.45. The summed E-state index contributed by atoms with van der Waals surface area (Å²) >= 11 is 1.43. The predicted molar refractivity (Wildman–Crippen MR) is 81.0 cm³/mol. The zero-order valence-corrected chi connectivity index (χ0v) is 12.7. The quantitative estimate of drug-likeness (QED) is 0.747. The maximum atomic E-state index is 13.0. The summed E-state index contributed by atoms with van der Waals surface area (Å²) in [5.41, 5.74) is 0.608. The molecule has 0 bridgehead atoms. The zero-order chi connectivity index (χ0) is 16.8. The van der Waals surface area contributed by atoms with Gasteiger partial charge >= 0.3 is 0 Å². The fourth-order valence-corrected chi connectivity index (χ4v) is 2.46. The van der Waals surface area contributed by atoms with Gasteiger partial charge in [-0.1, -0.05) is 0 Å². The first-order valence-electron chi connectivity index (χ1n) is 6.67. The Morgan fingerprint density at radius 3 is 2.61 bits per heavy atom. The molecule has 1 heterocycles. The second-order valence-corrected chi connectivity index (χ2v) is 5.47. The van der Waals surface area contributed by atoms with Gasteiger partial charge in [-0.2, -0.15) is 11.3 Å². The summed E-state index contributed by atoms with van der Waals surface area (Å²) in [7, 11) is 0. The van der Waals surface area contributed by atoms with Gasteiger partial charge in [0.25, 0.3) is 5.91 Å². The van der Waals surface area contributed by atoms with Crippen LogP contribution in [-0.2, 0) is 4.79 Å². The molecule has 0 aliphatic heterocycles. The summed E-state index contributed by atoms with van der Waals surface area (Å²) < 4.78 is 25.8. The topological polar surface area (TPSA) is 78.4 Å².